The van der Waals surface area contributed by atoms with Gasteiger partial charge in [0.1, 0.15) is 0 Å². The lowest BCUT2D eigenvalue weighted by molar-refractivity contribution is 0.412. The van der Waals surface area contributed by atoms with Crippen molar-refractivity contribution in [2.75, 3.05) is 13.7 Å². The van der Waals surface area contributed by atoms with E-state index in [-0.39, 0.29) is 0 Å². The second-order valence-electron chi connectivity index (χ2n) is 2.53. The van der Waals surface area contributed by atoms with Crippen LogP contribution in [-0.2, 0) is 0 Å². The number of hydrogen-bond acceptors (Lipinski definition) is 4. The average Bonchev–Trinajstić information content (AvgIpc) is 2.47. The van der Waals surface area contributed by atoms with E-state index in [1.165, 1.54) is 11.3 Å². The summed E-state index contributed by atoms with van der Waals surface area (Å²) in [6, 6.07) is 0. The molecular formula is C8H11ClN2OS. The van der Waals surface area contributed by atoms with Gasteiger partial charge in [-0.2, -0.15) is 4.98 Å². The Morgan fingerprint density at radius 3 is 2.92 bits per heavy atom. The molecule has 0 atom stereocenters. The Morgan fingerprint density at radius 1 is 1.77 bits per heavy atom. The van der Waals surface area contributed by atoms with Gasteiger partial charge in [0, 0.05) is 6.54 Å². The van der Waals surface area contributed by atoms with Crippen molar-refractivity contribution in [1.82, 2.24) is 4.98 Å². The first kappa shape index (κ1) is 10.5. The molecule has 0 unspecified atom stereocenters. The fourth-order valence-electron chi connectivity index (χ4n) is 0.753. The summed E-state index contributed by atoms with van der Waals surface area (Å²) in [5, 5.41) is 1.04. The molecule has 72 valence electrons. The summed E-state index contributed by atoms with van der Waals surface area (Å²) in [5.41, 5.74) is 6.51. The van der Waals surface area contributed by atoms with Crippen LogP contribution in [0.4, 0.5) is 0 Å². The Balaban J connectivity index is 2.94. The minimum absolute atomic E-state index is 0.467. The van der Waals surface area contributed by atoms with Gasteiger partial charge in [-0.05, 0) is 13.0 Å². The van der Waals surface area contributed by atoms with Crippen LogP contribution in [0.5, 0.6) is 5.19 Å². The number of rotatable bonds is 3. The molecule has 1 aromatic rings. The topological polar surface area (TPSA) is 48.1 Å². The van der Waals surface area contributed by atoms with Crippen molar-refractivity contribution in [3.63, 3.8) is 0 Å². The molecule has 3 nitrogen and oxygen atoms in total. The highest BCUT2D eigenvalue weighted by Crippen LogP contribution is 2.30. The third-order valence-corrected chi connectivity index (χ3v) is 2.83. The monoisotopic (exact) mass is 218 g/mol. The summed E-state index contributed by atoms with van der Waals surface area (Å²) >= 11 is 7.26. The molecule has 0 saturated carbocycles. The Morgan fingerprint density at radius 2 is 2.46 bits per heavy atom. The fourth-order valence-corrected chi connectivity index (χ4v) is 1.85. The van der Waals surface area contributed by atoms with Gasteiger partial charge in [0.05, 0.1) is 12.0 Å². The summed E-state index contributed by atoms with van der Waals surface area (Å²) in [4.78, 5) is 4.88. The van der Waals surface area contributed by atoms with E-state index in [1.807, 2.05) is 13.0 Å². The fraction of sp³-hybridized carbons (Fsp3) is 0.375. The average molecular weight is 219 g/mol. The predicted molar refractivity (Wildman–Crippen MR) is 56.4 cm³/mol. The maximum atomic E-state index is 5.86. The first-order valence-corrected chi connectivity index (χ1v) is 4.94. The van der Waals surface area contributed by atoms with E-state index in [1.54, 1.807) is 7.11 Å². The van der Waals surface area contributed by atoms with Crippen LogP contribution < -0.4 is 10.5 Å². The quantitative estimate of drug-likeness (QED) is 0.846. The van der Waals surface area contributed by atoms with Crippen molar-refractivity contribution in [3.05, 3.63) is 15.6 Å². The standard InChI is InChI=1S/C8H11ClN2OS/c1-5(4-10)3-6-7(9)11-8(12-2)13-6/h3H,4,10H2,1-2H3/b5-3-. The minimum Gasteiger partial charge on any atom is -0.473 e. The summed E-state index contributed by atoms with van der Waals surface area (Å²) < 4.78 is 4.95. The maximum Gasteiger partial charge on any atom is 0.274 e. The van der Waals surface area contributed by atoms with Gasteiger partial charge in [-0.15, -0.1) is 0 Å². The van der Waals surface area contributed by atoms with Gasteiger partial charge in [-0.25, -0.2) is 0 Å². The van der Waals surface area contributed by atoms with Gasteiger partial charge in [0.25, 0.3) is 5.19 Å². The summed E-state index contributed by atoms with van der Waals surface area (Å²) in [6.45, 7) is 2.47. The molecule has 1 aromatic heterocycles. The van der Waals surface area contributed by atoms with Crippen LogP contribution in [0, 0.1) is 0 Å². The number of methoxy groups -OCH3 is 1. The molecule has 5 heteroatoms. The zero-order valence-electron chi connectivity index (χ0n) is 7.50. The van der Waals surface area contributed by atoms with Crippen molar-refractivity contribution >= 4 is 29.0 Å². The van der Waals surface area contributed by atoms with Crippen LogP contribution in [0.3, 0.4) is 0 Å². The third-order valence-electron chi connectivity index (χ3n) is 1.46. The Hall–Kier alpha value is -0.580. The molecular weight excluding hydrogens is 208 g/mol. The first-order chi connectivity index (χ1) is 6.17. The van der Waals surface area contributed by atoms with Gasteiger partial charge in [0.15, 0.2) is 5.15 Å². The largest absolute Gasteiger partial charge is 0.473 e. The number of thiazole rings is 1. The molecule has 0 radical (unpaired) electrons. The van der Waals surface area contributed by atoms with Gasteiger partial charge >= 0.3 is 0 Å². The van der Waals surface area contributed by atoms with Crippen molar-refractivity contribution < 1.29 is 4.74 Å². The van der Waals surface area contributed by atoms with E-state index < -0.39 is 0 Å². The Bertz CT molecular complexity index is 322. The van der Waals surface area contributed by atoms with Crippen LogP contribution in [0.25, 0.3) is 6.08 Å². The lowest BCUT2D eigenvalue weighted by Gasteiger charge is -1.92. The summed E-state index contributed by atoms with van der Waals surface area (Å²) in [7, 11) is 1.57. The van der Waals surface area contributed by atoms with Gasteiger partial charge in [-0.3, -0.25) is 0 Å². The molecule has 0 aliphatic carbocycles. The highest BCUT2D eigenvalue weighted by atomic mass is 35.5. The normalized spacial score (nSPS) is 11.8. The van der Waals surface area contributed by atoms with Crippen molar-refractivity contribution in [2.45, 2.75) is 6.92 Å². The molecule has 1 heterocycles. The number of nitrogens with zero attached hydrogens (tertiary/aromatic N) is 1. The SMILES string of the molecule is COc1nc(Cl)c(/C=C(/C)CN)s1. The van der Waals surface area contributed by atoms with Crippen molar-refractivity contribution in [1.29, 1.82) is 0 Å². The van der Waals surface area contributed by atoms with E-state index in [4.69, 9.17) is 22.1 Å². The van der Waals surface area contributed by atoms with E-state index >= 15 is 0 Å². The van der Waals surface area contributed by atoms with Crippen LogP contribution >= 0.6 is 22.9 Å². The number of halogens is 1. The third kappa shape index (κ3) is 2.69. The lowest BCUT2D eigenvalue weighted by atomic mass is 10.3. The molecule has 0 fully saturated rings. The van der Waals surface area contributed by atoms with Crippen molar-refractivity contribution in [3.8, 4) is 5.19 Å². The second-order valence-corrected chi connectivity index (χ2v) is 3.88. The molecule has 0 aromatic carbocycles. The molecule has 0 aliphatic heterocycles. The van der Waals surface area contributed by atoms with E-state index in [0.717, 1.165) is 10.5 Å². The number of nitrogens with two attached hydrogens (primary N) is 1. The van der Waals surface area contributed by atoms with Gasteiger partial charge in [-0.1, -0.05) is 28.5 Å². The highest BCUT2D eigenvalue weighted by Gasteiger charge is 2.06. The van der Waals surface area contributed by atoms with Gasteiger partial charge in [0.2, 0.25) is 0 Å². The van der Waals surface area contributed by atoms with Crippen molar-refractivity contribution in [2.24, 2.45) is 5.73 Å². The number of hydrogen-bond donors (Lipinski definition) is 1. The van der Waals surface area contributed by atoms with E-state index in [2.05, 4.69) is 4.98 Å². The summed E-state index contributed by atoms with van der Waals surface area (Å²) in [6.07, 6.45) is 1.92. The number of aromatic nitrogens is 1. The smallest absolute Gasteiger partial charge is 0.274 e. The zero-order valence-corrected chi connectivity index (χ0v) is 9.08. The van der Waals surface area contributed by atoms with E-state index in [9.17, 15) is 0 Å². The van der Waals surface area contributed by atoms with E-state index in [0.29, 0.717) is 16.9 Å². The summed E-state index contributed by atoms with van der Waals surface area (Å²) in [5.74, 6) is 0. The maximum absolute atomic E-state index is 5.86. The Kier molecular flexibility index (Phi) is 3.71. The first-order valence-electron chi connectivity index (χ1n) is 3.75. The van der Waals surface area contributed by atoms with Crippen LogP contribution in [0.1, 0.15) is 11.8 Å². The molecule has 0 bridgehead atoms. The molecule has 13 heavy (non-hydrogen) atoms. The van der Waals surface area contributed by atoms with Crippen LogP contribution in [0.15, 0.2) is 5.57 Å². The second kappa shape index (κ2) is 4.60. The van der Waals surface area contributed by atoms with Crippen LogP contribution in [0.2, 0.25) is 5.15 Å². The Labute approximate surface area is 86.2 Å². The molecule has 0 spiro atoms. The van der Waals surface area contributed by atoms with Gasteiger partial charge < -0.3 is 10.5 Å². The molecule has 1 rings (SSSR count). The molecule has 0 amide bonds. The lowest BCUT2D eigenvalue weighted by Crippen LogP contribution is -1.98. The molecule has 0 aliphatic rings. The van der Waals surface area contributed by atoms with Crippen LogP contribution in [-0.4, -0.2) is 18.6 Å². The predicted octanol–water partition coefficient (Wildman–Crippen LogP) is 2.17. The minimum atomic E-state index is 0.467. The zero-order chi connectivity index (χ0) is 9.84. The number of ether oxygens (including phenoxy) is 1. The molecule has 2 N–H and O–H groups in total. The highest BCUT2D eigenvalue weighted by molar-refractivity contribution is 7.14. The molecule has 0 saturated heterocycles.